The molecule has 0 atom stereocenters. The van der Waals surface area contributed by atoms with Gasteiger partial charge in [-0.2, -0.15) is 0 Å². The highest BCUT2D eigenvalue weighted by Crippen LogP contribution is 2.08. The van der Waals surface area contributed by atoms with E-state index in [9.17, 15) is 4.79 Å². The molecule has 0 saturated heterocycles. The van der Waals surface area contributed by atoms with Gasteiger partial charge < -0.3 is 0 Å². The molecule has 1 rings (SSSR count). The van der Waals surface area contributed by atoms with Gasteiger partial charge in [0, 0.05) is 25.2 Å². The van der Waals surface area contributed by atoms with Crippen LogP contribution in [0.25, 0.3) is 0 Å². The Labute approximate surface area is 91.7 Å². The van der Waals surface area contributed by atoms with E-state index in [1.54, 1.807) is 0 Å². The number of ketones is 1. The number of hydrogen-bond donors (Lipinski definition) is 0. The number of carbonyl (C=O) groups is 1. The quantitative estimate of drug-likeness (QED) is 0.739. The molecule has 2 heteroatoms. The van der Waals surface area contributed by atoms with E-state index in [1.165, 1.54) is 0 Å². The summed E-state index contributed by atoms with van der Waals surface area (Å²) in [5.74, 6) is 0.819. The fourth-order valence-corrected chi connectivity index (χ4v) is 1.60. The summed E-state index contributed by atoms with van der Waals surface area (Å²) in [5, 5.41) is 0. The number of Topliss-reactive ketones (excluding diaryl/α,β-unsaturated/α-hetero) is 1. The zero-order valence-electron chi connectivity index (χ0n) is 9.79. The maximum Gasteiger partial charge on any atom is 0.133 e. The van der Waals surface area contributed by atoms with Gasteiger partial charge in [0.15, 0.2) is 0 Å². The minimum absolute atomic E-state index is 0.353. The molecule has 0 N–H and O–H groups in total. The van der Waals surface area contributed by atoms with Crippen molar-refractivity contribution >= 4 is 5.78 Å². The SMILES string of the molecule is Cc1cncc(CCC(=O)CC(C)C)c1. The van der Waals surface area contributed by atoms with Gasteiger partial charge in [-0.1, -0.05) is 19.9 Å². The van der Waals surface area contributed by atoms with Gasteiger partial charge in [-0.15, -0.1) is 0 Å². The topological polar surface area (TPSA) is 30.0 Å². The van der Waals surface area contributed by atoms with Crippen molar-refractivity contribution in [2.75, 3.05) is 0 Å². The van der Waals surface area contributed by atoms with E-state index in [2.05, 4.69) is 24.9 Å². The summed E-state index contributed by atoms with van der Waals surface area (Å²) in [5.41, 5.74) is 2.32. The molecule has 0 saturated carbocycles. The normalized spacial score (nSPS) is 10.7. The van der Waals surface area contributed by atoms with Crippen LogP contribution in [0.1, 0.15) is 37.8 Å². The zero-order valence-corrected chi connectivity index (χ0v) is 9.79. The predicted octanol–water partition coefficient (Wildman–Crippen LogP) is 2.94. The molecule has 0 radical (unpaired) electrons. The lowest BCUT2D eigenvalue weighted by Crippen LogP contribution is -2.04. The molecule has 82 valence electrons. The first-order valence-electron chi connectivity index (χ1n) is 5.50. The molecule has 0 aliphatic rings. The fourth-order valence-electron chi connectivity index (χ4n) is 1.60. The molecule has 1 heterocycles. The summed E-state index contributed by atoms with van der Waals surface area (Å²) in [6.45, 7) is 6.17. The average Bonchev–Trinajstić information content (AvgIpc) is 2.14. The van der Waals surface area contributed by atoms with Crippen molar-refractivity contribution in [2.45, 2.75) is 40.0 Å². The molecule has 2 nitrogen and oxygen atoms in total. The van der Waals surface area contributed by atoms with E-state index in [4.69, 9.17) is 0 Å². The van der Waals surface area contributed by atoms with Gasteiger partial charge in [-0.25, -0.2) is 0 Å². The second kappa shape index (κ2) is 5.64. The van der Waals surface area contributed by atoms with E-state index >= 15 is 0 Å². The third-order valence-corrected chi connectivity index (χ3v) is 2.26. The number of hydrogen-bond acceptors (Lipinski definition) is 2. The van der Waals surface area contributed by atoms with Crippen LogP contribution in [0.2, 0.25) is 0 Å². The first kappa shape index (κ1) is 11.9. The van der Waals surface area contributed by atoms with Crippen molar-refractivity contribution in [3.05, 3.63) is 29.6 Å². The van der Waals surface area contributed by atoms with Crippen molar-refractivity contribution in [1.82, 2.24) is 4.98 Å². The van der Waals surface area contributed by atoms with Crippen LogP contribution in [0.4, 0.5) is 0 Å². The van der Waals surface area contributed by atoms with Gasteiger partial charge in [-0.3, -0.25) is 9.78 Å². The predicted molar refractivity (Wildman–Crippen MR) is 61.8 cm³/mol. The van der Waals surface area contributed by atoms with Gasteiger partial charge in [0.2, 0.25) is 0 Å². The van der Waals surface area contributed by atoms with Crippen LogP contribution in [0, 0.1) is 12.8 Å². The number of aromatic nitrogens is 1. The Kier molecular flexibility index (Phi) is 4.47. The lowest BCUT2D eigenvalue weighted by atomic mass is 10.0. The maximum absolute atomic E-state index is 11.5. The van der Waals surface area contributed by atoms with E-state index < -0.39 is 0 Å². The molecule has 0 spiro atoms. The summed E-state index contributed by atoms with van der Waals surface area (Å²) in [7, 11) is 0. The number of pyridine rings is 1. The molecule has 0 fully saturated rings. The summed E-state index contributed by atoms with van der Waals surface area (Å²) in [4.78, 5) is 15.6. The lowest BCUT2D eigenvalue weighted by molar-refractivity contribution is -0.119. The molecule has 1 aromatic heterocycles. The van der Waals surface area contributed by atoms with Crippen LogP contribution in [0.5, 0.6) is 0 Å². The second-order valence-electron chi connectivity index (χ2n) is 4.51. The van der Waals surface area contributed by atoms with Crippen LogP contribution in [0.15, 0.2) is 18.5 Å². The molecule has 0 bridgehead atoms. The number of carbonyl (C=O) groups excluding carboxylic acids is 1. The molecular weight excluding hydrogens is 186 g/mol. The fraction of sp³-hybridized carbons (Fsp3) is 0.538. The smallest absolute Gasteiger partial charge is 0.133 e. The van der Waals surface area contributed by atoms with Gasteiger partial charge >= 0.3 is 0 Å². The molecule has 0 unspecified atom stereocenters. The number of rotatable bonds is 5. The largest absolute Gasteiger partial charge is 0.300 e. The third kappa shape index (κ3) is 4.73. The summed E-state index contributed by atoms with van der Waals surface area (Å²) in [6.07, 6.45) is 5.83. The molecule has 1 aromatic rings. The zero-order chi connectivity index (χ0) is 11.3. The second-order valence-corrected chi connectivity index (χ2v) is 4.51. The van der Waals surface area contributed by atoms with E-state index in [1.807, 2.05) is 19.3 Å². The highest BCUT2D eigenvalue weighted by molar-refractivity contribution is 5.78. The van der Waals surface area contributed by atoms with Crippen molar-refractivity contribution in [1.29, 1.82) is 0 Å². The van der Waals surface area contributed by atoms with Crippen molar-refractivity contribution in [3.63, 3.8) is 0 Å². The van der Waals surface area contributed by atoms with E-state index in [0.29, 0.717) is 24.5 Å². The Morgan fingerprint density at radius 1 is 1.40 bits per heavy atom. The van der Waals surface area contributed by atoms with E-state index in [0.717, 1.165) is 17.5 Å². The van der Waals surface area contributed by atoms with Crippen LogP contribution in [0.3, 0.4) is 0 Å². The van der Waals surface area contributed by atoms with E-state index in [-0.39, 0.29) is 0 Å². The Hall–Kier alpha value is -1.18. The van der Waals surface area contributed by atoms with Crippen molar-refractivity contribution in [3.8, 4) is 0 Å². The Bertz CT molecular complexity index is 331. The standard InChI is InChI=1S/C13H19NO/c1-10(2)6-13(15)5-4-12-7-11(3)8-14-9-12/h7-10H,4-6H2,1-3H3. The summed E-state index contributed by atoms with van der Waals surface area (Å²) >= 11 is 0. The highest BCUT2D eigenvalue weighted by Gasteiger charge is 2.05. The van der Waals surface area contributed by atoms with Crippen LogP contribution in [-0.2, 0) is 11.2 Å². The first-order chi connectivity index (χ1) is 7.08. The monoisotopic (exact) mass is 205 g/mol. The van der Waals surface area contributed by atoms with Crippen LogP contribution in [-0.4, -0.2) is 10.8 Å². The van der Waals surface area contributed by atoms with Gasteiger partial charge in [-0.05, 0) is 30.4 Å². The molecule has 15 heavy (non-hydrogen) atoms. The average molecular weight is 205 g/mol. The minimum atomic E-state index is 0.353. The van der Waals surface area contributed by atoms with Gasteiger partial charge in [0.05, 0.1) is 0 Å². The summed E-state index contributed by atoms with van der Waals surface area (Å²) < 4.78 is 0. The summed E-state index contributed by atoms with van der Waals surface area (Å²) in [6, 6.07) is 2.09. The molecule has 0 aliphatic heterocycles. The van der Waals surface area contributed by atoms with Crippen LogP contribution >= 0.6 is 0 Å². The van der Waals surface area contributed by atoms with Crippen molar-refractivity contribution in [2.24, 2.45) is 5.92 Å². The Balaban J connectivity index is 2.40. The van der Waals surface area contributed by atoms with Gasteiger partial charge in [0.1, 0.15) is 5.78 Å². The van der Waals surface area contributed by atoms with Gasteiger partial charge in [0.25, 0.3) is 0 Å². The lowest BCUT2D eigenvalue weighted by Gasteiger charge is -2.04. The van der Waals surface area contributed by atoms with Crippen molar-refractivity contribution < 1.29 is 4.79 Å². The maximum atomic E-state index is 11.5. The minimum Gasteiger partial charge on any atom is -0.300 e. The molecular formula is C13H19NO. The highest BCUT2D eigenvalue weighted by atomic mass is 16.1. The van der Waals surface area contributed by atoms with Crippen LogP contribution < -0.4 is 0 Å². The third-order valence-electron chi connectivity index (χ3n) is 2.26. The molecule has 0 amide bonds. The molecule has 0 aliphatic carbocycles. The Morgan fingerprint density at radius 3 is 2.73 bits per heavy atom. The number of aryl methyl sites for hydroxylation is 2. The Morgan fingerprint density at radius 2 is 2.13 bits per heavy atom. The number of nitrogens with zero attached hydrogens (tertiary/aromatic N) is 1. The first-order valence-corrected chi connectivity index (χ1v) is 5.50. The molecule has 0 aromatic carbocycles.